The average Bonchev–Trinajstić information content (AvgIpc) is 3.10. The fourth-order valence-corrected chi connectivity index (χ4v) is 4.58. The first-order chi connectivity index (χ1) is 13.5. The number of rotatable bonds is 7. The van der Waals surface area contributed by atoms with Crippen molar-refractivity contribution in [3.8, 4) is 0 Å². The van der Waals surface area contributed by atoms with Crippen molar-refractivity contribution in [3.05, 3.63) is 72.7 Å². The van der Waals surface area contributed by atoms with Gasteiger partial charge < -0.3 is 10.3 Å². The standard InChI is InChI=1S/C21H22N4O2S.ClH/c1-15(11-23-13-18-14-24-21-5-3-2-4-20(18)21)25-28(26,27)19-7-6-17-12-22-9-8-16(17)10-19;/h2-10,12,14-15,23-25H,11,13H2,1H3;1H. The average molecular weight is 431 g/mol. The Morgan fingerprint density at radius 3 is 2.79 bits per heavy atom. The Kier molecular flexibility index (Phi) is 6.54. The van der Waals surface area contributed by atoms with Gasteiger partial charge in [0.15, 0.2) is 0 Å². The lowest BCUT2D eigenvalue weighted by atomic mass is 10.2. The molecule has 0 saturated carbocycles. The van der Waals surface area contributed by atoms with Crippen LogP contribution in [-0.2, 0) is 16.6 Å². The normalized spacial score (nSPS) is 12.7. The summed E-state index contributed by atoms with van der Waals surface area (Å²) in [5, 5.41) is 6.26. The molecule has 29 heavy (non-hydrogen) atoms. The van der Waals surface area contributed by atoms with Crippen LogP contribution in [0.25, 0.3) is 21.7 Å². The summed E-state index contributed by atoms with van der Waals surface area (Å²) in [6.07, 6.45) is 5.36. The highest BCUT2D eigenvalue weighted by Crippen LogP contribution is 2.19. The zero-order valence-electron chi connectivity index (χ0n) is 15.9. The number of para-hydroxylation sites is 1. The molecule has 0 aliphatic heterocycles. The van der Waals surface area contributed by atoms with E-state index < -0.39 is 10.0 Å². The van der Waals surface area contributed by atoms with Crippen LogP contribution in [0.1, 0.15) is 12.5 Å². The van der Waals surface area contributed by atoms with E-state index in [2.05, 4.69) is 26.1 Å². The Bertz CT molecular complexity index is 1220. The third-order valence-corrected chi connectivity index (χ3v) is 6.31. The van der Waals surface area contributed by atoms with Crippen LogP contribution < -0.4 is 10.0 Å². The van der Waals surface area contributed by atoms with E-state index in [0.717, 1.165) is 21.9 Å². The lowest BCUT2D eigenvalue weighted by Crippen LogP contribution is -2.39. The molecule has 152 valence electrons. The van der Waals surface area contributed by atoms with Crippen molar-refractivity contribution in [1.29, 1.82) is 0 Å². The third kappa shape index (κ3) is 4.76. The van der Waals surface area contributed by atoms with Crippen molar-refractivity contribution >= 4 is 44.1 Å². The fourth-order valence-electron chi connectivity index (χ4n) is 3.30. The fraction of sp³-hybridized carbons (Fsp3) is 0.190. The lowest BCUT2D eigenvalue weighted by molar-refractivity contribution is 0.537. The van der Waals surface area contributed by atoms with Crippen LogP contribution in [0.4, 0.5) is 0 Å². The molecule has 8 heteroatoms. The molecule has 3 N–H and O–H groups in total. The van der Waals surface area contributed by atoms with Gasteiger partial charge in [0, 0.05) is 54.0 Å². The zero-order valence-corrected chi connectivity index (χ0v) is 17.6. The van der Waals surface area contributed by atoms with Crippen LogP contribution in [0.3, 0.4) is 0 Å². The monoisotopic (exact) mass is 430 g/mol. The van der Waals surface area contributed by atoms with Gasteiger partial charge in [-0.3, -0.25) is 4.98 Å². The molecule has 0 bridgehead atoms. The Morgan fingerprint density at radius 2 is 1.93 bits per heavy atom. The first-order valence-corrected chi connectivity index (χ1v) is 10.6. The summed E-state index contributed by atoms with van der Waals surface area (Å²) in [5.41, 5.74) is 2.26. The van der Waals surface area contributed by atoms with Gasteiger partial charge in [-0.2, -0.15) is 0 Å². The molecule has 4 rings (SSSR count). The number of nitrogens with zero attached hydrogens (tertiary/aromatic N) is 1. The van der Waals surface area contributed by atoms with E-state index in [9.17, 15) is 8.42 Å². The highest BCUT2D eigenvalue weighted by molar-refractivity contribution is 7.89. The van der Waals surface area contributed by atoms with Gasteiger partial charge in [0.25, 0.3) is 0 Å². The topological polar surface area (TPSA) is 86.9 Å². The summed E-state index contributed by atoms with van der Waals surface area (Å²) in [5.74, 6) is 0. The minimum atomic E-state index is -3.59. The highest BCUT2D eigenvalue weighted by atomic mass is 35.5. The second-order valence-electron chi connectivity index (χ2n) is 6.90. The molecule has 2 aromatic heterocycles. The van der Waals surface area contributed by atoms with E-state index in [-0.39, 0.29) is 23.3 Å². The maximum absolute atomic E-state index is 12.7. The van der Waals surface area contributed by atoms with Crippen molar-refractivity contribution in [2.45, 2.75) is 24.4 Å². The molecule has 2 heterocycles. The van der Waals surface area contributed by atoms with Gasteiger partial charge in [-0.25, -0.2) is 13.1 Å². The molecule has 0 fully saturated rings. The minimum Gasteiger partial charge on any atom is -0.361 e. The molecule has 0 radical (unpaired) electrons. The Labute approximate surface area is 176 Å². The summed E-state index contributed by atoms with van der Waals surface area (Å²) < 4.78 is 28.1. The van der Waals surface area contributed by atoms with Gasteiger partial charge in [0.05, 0.1) is 4.90 Å². The van der Waals surface area contributed by atoms with E-state index in [1.807, 2.05) is 31.3 Å². The van der Waals surface area contributed by atoms with Gasteiger partial charge in [0.1, 0.15) is 0 Å². The maximum atomic E-state index is 12.7. The molecule has 0 spiro atoms. The van der Waals surface area contributed by atoms with E-state index in [1.54, 1.807) is 36.7 Å². The Balaban J connectivity index is 0.00000240. The number of H-pyrrole nitrogens is 1. The summed E-state index contributed by atoms with van der Waals surface area (Å²) in [7, 11) is -3.59. The van der Waals surface area contributed by atoms with E-state index in [4.69, 9.17) is 0 Å². The number of pyridine rings is 1. The summed E-state index contributed by atoms with van der Waals surface area (Å²) in [6.45, 7) is 3.04. The number of fused-ring (bicyclic) bond motifs is 2. The molecule has 1 unspecified atom stereocenters. The highest BCUT2D eigenvalue weighted by Gasteiger charge is 2.17. The minimum absolute atomic E-state index is 0. The smallest absolute Gasteiger partial charge is 0.240 e. The molecule has 4 aromatic rings. The Hall–Kier alpha value is -2.45. The molecule has 6 nitrogen and oxygen atoms in total. The molecular formula is C21H23ClN4O2S. The number of halogens is 1. The maximum Gasteiger partial charge on any atom is 0.240 e. The first-order valence-electron chi connectivity index (χ1n) is 9.15. The molecule has 1 atom stereocenters. The zero-order chi connectivity index (χ0) is 19.6. The lowest BCUT2D eigenvalue weighted by Gasteiger charge is -2.15. The van der Waals surface area contributed by atoms with Gasteiger partial charge in [-0.05, 0) is 42.1 Å². The largest absolute Gasteiger partial charge is 0.361 e. The summed E-state index contributed by atoms with van der Waals surface area (Å²) in [6, 6.07) is 14.7. The first kappa shape index (κ1) is 21.3. The number of hydrogen-bond donors (Lipinski definition) is 3. The van der Waals surface area contributed by atoms with E-state index >= 15 is 0 Å². The quantitative estimate of drug-likeness (QED) is 0.418. The van der Waals surface area contributed by atoms with Gasteiger partial charge in [-0.1, -0.05) is 24.3 Å². The van der Waals surface area contributed by atoms with Crippen LogP contribution in [0.15, 0.2) is 72.0 Å². The van der Waals surface area contributed by atoms with Gasteiger partial charge in [-0.15, -0.1) is 12.4 Å². The van der Waals surface area contributed by atoms with Crippen LogP contribution in [-0.4, -0.2) is 31.0 Å². The molecule has 0 aliphatic carbocycles. The number of benzene rings is 2. The van der Waals surface area contributed by atoms with E-state index in [1.165, 1.54) is 5.39 Å². The number of hydrogen-bond acceptors (Lipinski definition) is 4. The Morgan fingerprint density at radius 1 is 1.10 bits per heavy atom. The molecular weight excluding hydrogens is 408 g/mol. The number of aromatic nitrogens is 2. The third-order valence-electron chi connectivity index (χ3n) is 4.72. The van der Waals surface area contributed by atoms with Crippen molar-refractivity contribution in [3.63, 3.8) is 0 Å². The number of aromatic amines is 1. The summed E-state index contributed by atoms with van der Waals surface area (Å²) >= 11 is 0. The molecule has 0 saturated heterocycles. The number of nitrogens with one attached hydrogen (secondary N) is 3. The second kappa shape index (κ2) is 8.92. The SMILES string of the molecule is CC(CNCc1c[nH]c2ccccc12)NS(=O)(=O)c1ccc2cnccc2c1.Cl. The van der Waals surface area contributed by atoms with Crippen LogP contribution >= 0.6 is 12.4 Å². The number of sulfonamides is 1. The van der Waals surface area contributed by atoms with Crippen LogP contribution in [0, 0.1) is 0 Å². The predicted octanol–water partition coefficient (Wildman–Crippen LogP) is 3.59. The second-order valence-corrected chi connectivity index (χ2v) is 8.61. The molecule has 0 aliphatic rings. The van der Waals surface area contributed by atoms with Crippen molar-refractivity contribution < 1.29 is 8.42 Å². The summed E-state index contributed by atoms with van der Waals surface area (Å²) in [4.78, 5) is 7.55. The predicted molar refractivity (Wildman–Crippen MR) is 119 cm³/mol. The van der Waals surface area contributed by atoms with Gasteiger partial charge >= 0.3 is 0 Å². The molecule has 0 amide bonds. The van der Waals surface area contributed by atoms with Crippen LogP contribution in [0.5, 0.6) is 0 Å². The van der Waals surface area contributed by atoms with Crippen molar-refractivity contribution in [2.75, 3.05) is 6.54 Å². The van der Waals surface area contributed by atoms with Gasteiger partial charge in [0.2, 0.25) is 10.0 Å². The van der Waals surface area contributed by atoms with Crippen molar-refractivity contribution in [2.24, 2.45) is 0 Å². The molecule has 2 aromatic carbocycles. The van der Waals surface area contributed by atoms with Crippen LogP contribution in [0.2, 0.25) is 0 Å². The van der Waals surface area contributed by atoms with Crippen molar-refractivity contribution in [1.82, 2.24) is 20.0 Å². The van der Waals surface area contributed by atoms with E-state index in [0.29, 0.717) is 13.1 Å².